The van der Waals surface area contributed by atoms with E-state index in [2.05, 4.69) is 34.1 Å². The highest BCUT2D eigenvalue weighted by Crippen LogP contribution is 2.24. The van der Waals surface area contributed by atoms with E-state index in [1.165, 1.54) is 13.4 Å². The first kappa shape index (κ1) is 14.7. The summed E-state index contributed by atoms with van der Waals surface area (Å²) in [5.41, 5.74) is 1.76. The van der Waals surface area contributed by atoms with Crippen molar-refractivity contribution in [3.8, 4) is 23.1 Å². The van der Waals surface area contributed by atoms with Gasteiger partial charge in [-0.3, -0.25) is 0 Å². The summed E-state index contributed by atoms with van der Waals surface area (Å²) in [6, 6.07) is 5.59. The maximum atomic E-state index is 8.95. The summed E-state index contributed by atoms with van der Waals surface area (Å²) in [7, 11) is 1.51. The van der Waals surface area contributed by atoms with Crippen molar-refractivity contribution in [2.75, 3.05) is 19.0 Å². The van der Waals surface area contributed by atoms with Crippen LogP contribution in [0.3, 0.4) is 0 Å². The molecule has 0 aromatic carbocycles. The zero-order valence-electron chi connectivity index (χ0n) is 12.3. The molecule has 0 bridgehead atoms. The number of ether oxygens (including phenoxy) is 1. The van der Waals surface area contributed by atoms with Gasteiger partial charge in [-0.15, -0.1) is 0 Å². The number of nitrogens with one attached hydrogen (secondary N) is 1. The number of rotatable bonds is 5. The second kappa shape index (κ2) is 6.66. The quantitative estimate of drug-likeness (QED) is 0.907. The number of methoxy groups -OCH3 is 1. The third-order valence-electron chi connectivity index (χ3n) is 2.83. The molecule has 2 aromatic heterocycles. The molecule has 0 unspecified atom stereocenters. The van der Waals surface area contributed by atoms with Gasteiger partial charge in [0.2, 0.25) is 0 Å². The van der Waals surface area contributed by atoms with Crippen molar-refractivity contribution in [1.29, 1.82) is 5.26 Å². The second-order valence-electron chi connectivity index (χ2n) is 4.95. The molecule has 0 radical (unpaired) electrons. The fourth-order valence-corrected chi connectivity index (χ4v) is 1.74. The Kier molecular flexibility index (Phi) is 4.67. The number of hydrogen-bond acceptors (Lipinski definition) is 6. The molecule has 0 fully saturated rings. The molecule has 6 nitrogen and oxygen atoms in total. The SMILES string of the molecule is COc1cc(-c2cc(NCC(C)C)ncn2)cnc1C#N. The topological polar surface area (TPSA) is 83.7 Å². The van der Waals surface area contributed by atoms with Crippen LogP contribution >= 0.6 is 0 Å². The number of pyridine rings is 1. The van der Waals surface area contributed by atoms with Gasteiger partial charge in [-0.2, -0.15) is 5.26 Å². The summed E-state index contributed by atoms with van der Waals surface area (Å²) in [6.07, 6.45) is 3.11. The minimum atomic E-state index is 0.258. The maximum Gasteiger partial charge on any atom is 0.182 e. The summed E-state index contributed by atoms with van der Waals surface area (Å²) in [5, 5.41) is 12.2. The standard InChI is InChI=1S/C15H17N5O/c1-10(2)7-18-15-5-12(19-9-20-15)11-4-14(21-3)13(6-16)17-8-11/h4-5,8-10H,7H2,1-3H3,(H,18,19,20). The van der Waals surface area contributed by atoms with Crippen LogP contribution in [0, 0.1) is 17.2 Å². The van der Waals surface area contributed by atoms with Crippen LogP contribution in [0.25, 0.3) is 11.3 Å². The molecule has 6 heteroatoms. The summed E-state index contributed by atoms with van der Waals surface area (Å²) in [4.78, 5) is 12.5. The molecule has 0 saturated heterocycles. The van der Waals surface area contributed by atoms with Crippen molar-refractivity contribution >= 4 is 5.82 Å². The molecule has 0 amide bonds. The fraction of sp³-hybridized carbons (Fsp3) is 0.333. The lowest BCUT2D eigenvalue weighted by Crippen LogP contribution is -2.09. The van der Waals surface area contributed by atoms with Gasteiger partial charge in [-0.25, -0.2) is 15.0 Å². The Morgan fingerprint density at radius 2 is 2.10 bits per heavy atom. The number of hydrogen-bond donors (Lipinski definition) is 1. The Morgan fingerprint density at radius 3 is 2.76 bits per heavy atom. The third-order valence-corrected chi connectivity index (χ3v) is 2.83. The van der Waals surface area contributed by atoms with E-state index in [0.29, 0.717) is 11.7 Å². The summed E-state index contributed by atoms with van der Waals surface area (Å²) in [5.74, 6) is 1.72. The van der Waals surface area contributed by atoms with Gasteiger partial charge in [0, 0.05) is 24.4 Å². The molecule has 21 heavy (non-hydrogen) atoms. The Bertz CT molecular complexity index is 663. The minimum Gasteiger partial charge on any atom is -0.494 e. The summed E-state index contributed by atoms with van der Waals surface area (Å²) < 4.78 is 5.16. The Balaban J connectivity index is 2.30. The predicted molar refractivity (Wildman–Crippen MR) is 79.9 cm³/mol. The third kappa shape index (κ3) is 3.66. The number of aromatic nitrogens is 3. The number of nitrogens with zero attached hydrogens (tertiary/aromatic N) is 4. The maximum absolute atomic E-state index is 8.95. The van der Waals surface area contributed by atoms with Crippen molar-refractivity contribution in [1.82, 2.24) is 15.0 Å². The average Bonchev–Trinajstić information content (AvgIpc) is 2.52. The van der Waals surface area contributed by atoms with Gasteiger partial charge in [0.25, 0.3) is 0 Å². The van der Waals surface area contributed by atoms with Gasteiger partial charge in [0.05, 0.1) is 12.8 Å². The molecular formula is C15H17N5O. The van der Waals surface area contributed by atoms with Crippen LogP contribution in [-0.4, -0.2) is 28.6 Å². The summed E-state index contributed by atoms with van der Waals surface area (Å²) >= 11 is 0. The molecule has 0 saturated carbocycles. The molecule has 2 rings (SSSR count). The van der Waals surface area contributed by atoms with Crippen LogP contribution in [0.2, 0.25) is 0 Å². The van der Waals surface area contributed by atoms with E-state index in [4.69, 9.17) is 10.00 Å². The average molecular weight is 283 g/mol. The van der Waals surface area contributed by atoms with E-state index in [1.807, 2.05) is 12.1 Å². The van der Waals surface area contributed by atoms with Gasteiger partial charge in [-0.1, -0.05) is 13.8 Å². The van der Waals surface area contributed by atoms with E-state index in [1.54, 1.807) is 12.3 Å². The van der Waals surface area contributed by atoms with Gasteiger partial charge >= 0.3 is 0 Å². The molecule has 2 aromatic rings. The number of anilines is 1. The van der Waals surface area contributed by atoms with Crippen LogP contribution < -0.4 is 10.1 Å². The first-order valence-electron chi connectivity index (χ1n) is 6.64. The largest absolute Gasteiger partial charge is 0.494 e. The normalized spacial score (nSPS) is 10.2. The molecular weight excluding hydrogens is 266 g/mol. The molecule has 0 aliphatic carbocycles. The smallest absolute Gasteiger partial charge is 0.182 e. The van der Waals surface area contributed by atoms with Gasteiger partial charge in [-0.05, 0) is 12.0 Å². The zero-order chi connectivity index (χ0) is 15.2. The second-order valence-corrected chi connectivity index (χ2v) is 4.95. The van der Waals surface area contributed by atoms with Gasteiger partial charge in [0.1, 0.15) is 18.2 Å². The number of nitriles is 1. The highest BCUT2D eigenvalue weighted by atomic mass is 16.5. The van der Waals surface area contributed by atoms with Crippen molar-refractivity contribution in [2.45, 2.75) is 13.8 Å². The fourth-order valence-electron chi connectivity index (χ4n) is 1.74. The van der Waals surface area contributed by atoms with Gasteiger partial charge in [0.15, 0.2) is 11.4 Å². The first-order valence-corrected chi connectivity index (χ1v) is 6.64. The van der Waals surface area contributed by atoms with Crippen LogP contribution in [0.4, 0.5) is 5.82 Å². The van der Waals surface area contributed by atoms with E-state index in [9.17, 15) is 0 Å². The Morgan fingerprint density at radius 1 is 1.29 bits per heavy atom. The van der Waals surface area contributed by atoms with Crippen LogP contribution in [0.5, 0.6) is 5.75 Å². The molecule has 0 spiro atoms. The lowest BCUT2D eigenvalue weighted by atomic mass is 10.1. The van der Waals surface area contributed by atoms with Crippen LogP contribution in [0.1, 0.15) is 19.5 Å². The molecule has 1 N–H and O–H groups in total. The molecule has 108 valence electrons. The van der Waals surface area contributed by atoms with Crippen molar-refractivity contribution in [3.63, 3.8) is 0 Å². The molecule has 0 aliphatic heterocycles. The zero-order valence-corrected chi connectivity index (χ0v) is 12.3. The lowest BCUT2D eigenvalue weighted by Gasteiger charge is -2.09. The summed E-state index contributed by atoms with van der Waals surface area (Å²) in [6.45, 7) is 5.10. The van der Waals surface area contributed by atoms with Crippen LogP contribution in [0.15, 0.2) is 24.7 Å². The van der Waals surface area contributed by atoms with E-state index in [0.717, 1.165) is 23.6 Å². The van der Waals surface area contributed by atoms with Crippen molar-refractivity contribution in [2.24, 2.45) is 5.92 Å². The molecule has 0 aliphatic rings. The van der Waals surface area contributed by atoms with Crippen molar-refractivity contribution < 1.29 is 4.74 Å². The van der Waals surface area contributed by atoms with Gasteiger partial charge < -0.3 is 10.1 Å². The highest BCUT2D eigenvalue weighted by Gasteiger charge is 2.09. The Labute approximate surface area is 123 Å². The Hall–Kier alpha value is -2.68. The van der Waals surface area contributed by atoms with E-state index in [-0.39, 0.29) is 5.69 Å². The van der Waals surface area contributed by atoms with E-state index < -0.39 is 0 Å². The van der Waals surface area contributed by atoms with Crippen molar-refractivity contribution in [3.05, 3.63) is 30.4 Å². The molecule has 2 heterocycles. The predicted octanol–water partition coefficient (Wildman–Crippen LogP) is 2.49. The molecule has 0 atom stereocenters. The lowest BCUT2D eigenvalue weighted by molar-refractivity contribution is 0.411. The van der Waals surface area contributed by atoms with Crippen LogP contribution in [-0.2, 0) is 0 Å². The van der Waals surface area contributed by atoms with E-state index >= 15 is 0 Å². The minimum absolute atomic E-state index is 0.258. The monoisotopic (exact) mass is 283 g/mol. The highest BCUT2D eigenvalue weighted by molar-refractivity contribution is 5.64. The first-order chi connectivity index (χ1) is 10.1.